The van der Waals surface area contributed by atoms with Crippen molar-refractivity contribution in [1.82, 2.24) is 0 Å². The Kier molecular flexibility index (Phi) is 19.9. The molecule has 2 aliphatic carbocycles. The second-order valence-corrected chi connectivity index (χ2v) is 4.69. The first kappa shape index (κ1) is 24.7. The van der Waals surface area contributed by atoms with Gasteiger partial charge in [0, 0.05) is 0 Å². The van der Waals surface area contributed by atoms with E-state index in [0.29, 0.717) is 0 Å². The Labute approximate surface area is 147 Å². The molecule has 0 heterocycles. The summed E-state index contributed by atoms with van der Waals surface area (Å²) in [6, 6.07) is 0. The molecule has 0 bridgehead atoms. The van der Waals surface area contributed by atoms with Crippen LogP contribution in [0.3, 0.4) is 0 Å². The number of hydrogen-bond acceptors (Lipinski definition) is 0. The number of halogens is 4. The molecule has 0 unspecified atom stereocenters. The number of hydrogen-bond donors (Lipinski definition) is 0. The van der Waals surface area contributed by atoms with Gasteiger partial charge in [-0.25, -0.2) is 0 Å². The Morgan fingerprint density at radius 2 is 0.500 bits per heavy atom. The first-order valence-electron chi connectivity index (χ1n) is 7.47. The minimum Gasteiger partial charge on any atom is -0.418 e. The Morgan fingerprint density at radius 3 is 0.591 bits per heavy atom. The normalized spacial score (nSPS) is 20.2. The Balaban J connectivity index is 0. The van der Waals surface area contributed by atoms with Crippen molar-refractivity contribution in [3.8, 4) is 0 Å². The van der Waals surface area contributed by atoms with Gasteiger partial charge in [-0.15, -0.1) is 0 Å². The van der Waals surface area contributed by atoms with E-state index in [1.807, 2.05) is 0 Å². The van der Waals surface area contributed by atoms with Crippen LogP contribution in [0, 0.1) is 51.4 Å². The van der Waals surface area contributed by atoms with E-state index in [1.54, 1.807) is 0 Å². The number of rotatable bonds is 0. The summed E-state index contributed by atoms with van der Waals surface area (Å²) in [7, 11) is -6.00. The van der Waals surface area contributed by atoms with Gasteiger partial charge in [0.1, 0.15) is 0 Å². The summed E-state index contributed by atoms with van der Waals surface area (Å²) >= 11 is 0. The van der Waals surface area contributed by atoms with Gasteiger partial charge >= 0.3 is 26.7 Å². The topological polar surface area (TPSA) is 0 Å². The van der Waals surface area contributed by atoms with Crippen LogP contribution in [0.4, 0.5) is 17.3 Å². The molecule has 0 amide bonds. The van der Waals surface area contributed by atoms with Crippen LogP contribution in [-0.4, -0.2) is 7.25 Å². The molecule has 2 saturated carbocycles. The van der Waals surface area contributed by atoms with E-state index in [1.165, 1.54) is 51.4 Å². The molecule has 0 aromatic heterocycles. The van der Waals surface area contributed by atoms with Crippen LogP contribution in [0.25, 0.3) is 0 Å². The van der Waals surface area contributed by atoms with E-state index in [2.05, 4.69) is 51.4 Å². The van der Waals surface area contributed by atoms with E-state index >= 15 is 0 Å². The third-order valence-electron chi connectivity index (χ3n) is 2.67. The molecule has 0 saturated heterocycles. The predicted octanol–water partition coefficient (Wildman–Crippen LogP) is 6.05. The molecular weight excluding hydrogens is 382 g/mol. The minimum atomic E-state index is -6.00. The molecule has 126 valence electrons. The van der Waals surface area contributed by atoms with Crippen LogP contribution in [0.2, 0.25) is 0 Å². The Bertz CT molecular complexity index is 143. The standard InChI is InChI=1S/2C8H12.BF4.Rh/c2*1-2-4-6-8-7-5-3-1;2-1(3,4)5;/h2*1-2,7-8H,3-6H2;;/q;;-1;+3. The van der Waals surface area contributed by atoms with Gasteiger partial charge in [0.2, 0.25) is 0 Å². The molecule has 0 atom stereocenters. The Hall–Kier alpha value is 0.408. The zero-order valence-corrected chi connectivity index (χ0v) is 14.3. The van der Waals surface area contributed by atoms with Gasteiger partial charge in [-0.1, -0.05) is 0 Å². The molecule has 0 aromatic rings. The molecule has 8 radical (unpaired) electrons. The maximum absolute atomic E-state index is 9.75. The van der Waals surface area contributed by atoms with E-state index in [9.17, 15) is 17.3 Å². The molecular formula is C16H24BF4Rh+2. The molecule has 0 aliphatic heterocycles. The minimum absolute atomic E-state index is 0. The molecule has 22 heavy (non-hydrogen) atoms. The summed E-state index contributed by atoms with van der Waals surface area (Å²) in [6.07, 6.45) is 28.0. The monoisotopic (exact) mass is 406 g/mol. The van der Waals surface area contributed by atoms with Crippen molar-refractivity contribution in [3.63, 3.8) is 0 Å². The molecule has 6 heteroatoms. The maximum atomic E-state index is 9.75. The molecule has 0 aromatic carbocycles. The average molecular weight is 406 g/mol. The molecule has 2 rings (SSSR count). The van der Waals surface area contributed by atoms with Crippen molar-refractivity contribution in [2.75, 3.05) is 0 Å². The van der Waals surface area contributed by atoms with Crippen molar-refractivity contribution in [2.45, 2.75) is 51.4 Å². The third kappa shape index (κ3) is 28.6. The fourth-order valence-corrected chi connectivity index (χ4v) is 1.71. The summed E-state index contributed by atoms with van der Waals surface area (Å²) in [4.78, 5) is 0. The summed E-state index contributed by atoms with van der Waals surface area (Å²) in [5.41, 5.74) is 0. The Morgan fingerprint density at radius 1 is 0.409 bits per heavy atom. The van der Waals surface area contributed by atoms with Crippen molar-refractivity contribution in [1.29, 1.82) is 0 Å². The van der Waals surface area contributed by atoms with E-state index in [-0.39, 0.29) is 19.5 Å². The van der Waals surface area contributed by atoms with Crippen LogP contribution in [0.5, 0.6) is 0 Å². The summed E-state index contributed by atoms with van der Waals surface area (Å²) in [5.74, 6) is 0. The van der Waals surface area contributed by atoms with Gasteiger partial charge in [-0.05, 0) is 103 Å². The molecule has 0 spiro atoms. The fraction of sp³-hybridized carbons (Fsp3) is 0.500. The zero-order chi connectivity index (χ0) is 15.8. The quantitative estimate of drug-likeness (QED) is 0.339. The summed E-state index contributed by atoms with van der Waals surface area (Å²) < 4.78 is 39.0. The second-order valence-electron chi connectivity index (χ2n) is 4.69. The van der Waals surface area contributed by atoms with Gasteiger partial charge < -0.3 is 17.3 Å². The smallest absolute Gasteiger partial charge is 0.418 e. The van der Waals surface area contributed by atoms with Gasteiger partial charge in [0.15, 0.2) is 0 Å². The van der Waals surface area contributed by atoms with Crippen LogP contribution in [-0.2, 0) is 19.5 Å². The van der Waals surface area contributed by atoms with Crippen LogP contribution in [0.1, 0.15) is 51.4 Å². The van der Waals surface area contributed by atoms with Crippen molar-refractivity contribution >= 4 is 7.25 Å². The van der Waals surface area contributed by atoms with Crippen molar-refractivity contribution < 1.29 is 36.7 Å². The molecule has 2 fully saturated rings. The largest absolute Gasteiger partial charge is 3.00 e. The van der Waals surface area contributed by atoms with E-state index in [4.69, 9.17) is 0 Å². The second kappa shape index (κ2) is 17.8. The fourth-order valence-electron chi connectivity index (χ4n) is 1.71. The SMILES string of the molecule is F[B-](F)(F)F.[CH]1[CH]CC[CH][CH]CC1.[CH]1[CH]CC[CH][CH]CC1.[Rh+3]. The van der Waals surface area contributed by atoms with E-state index in [0.717, 1.165) is 0 Å². The van der Waals surface area contributed by atoms with Gasteiger partial charge in [-0.2, -0.15) is 0 Å². The summed E-state index contributed by atoms with van der Waals surface area (Å²) in [6.45, 7) is 0. The first-order valence-corrected chi connectivity index (χ1v) is 7.47. The van der Waals surface area contributed by atoms with Gasteiger partial charge in [-0.3, -0.25) is 0 Å². The van der Waals surface area contributed by atoms with Crippen molar-refractivity contribution in [3.05, 3.63) is 51.4 Å². The first-order chi connectivity index (χ1) is 10.0. The molecule has 0 N–H and O–H groups in total. The molecule has 2 aliphatic rings. The molecule has 0 nitrogen and oxygen atoms in total. The van der Waals surface area contributed by atoms with Crippen molar-refractivity contribution in [2.24, 2.45) is 0 Å². The van der Waals surface area contributed by atoms with E-state index < -0.39 is 7.25 Å². The van der Waals surface area contributed by atoms with Crippen LogP contribution >= 0.6 is 0 Å². The van der Waals surface area contributed by atoms with Crippen LogP contribution < -0.4 is 0 Å². The zero-order valence-electron chi connectivity index (χ0n) is 12.7. The third-order valence-corrected chi connectivity index (χ3v) is 2.67. The summed E-state index contributed by atoms with van der Waals surface area (Å²) in [5, 5.41) is 0. The predicted molar refractivity (Wildman–Crippen MR) is 81.5 cm³/mol. The average Bonchev–Trinajstić information content (AvgIpc) is 2.24. The van der Waals surface area contributed by atoms with Crippen LogP contribution in [0.15, 0.2) is 0 Å². The van der Waals surface area contributed by atoms with Gasteiger partial charge in [0.05, 0.1) is 0 Å². The maximum Gasteiger partial charge on any atom is 3.00 e. The van der Waals surface area contributed by atoms with Gasteiger partial charge in [0.25, 0.3) is 0 Å².